The molecule has 0 aliphatic rings. The monoisotopic (exact) mass is 294 g/mol. The lowest BCUT2D eigenvalue weighted by Crippen LogP contribution is -2.12. The number of hydrogen-bond acceptors (Lipinski definition) is 6. The molecule has 104 valence electrons. The van der Waals surface area contributed by atoms with Gasteiger partial charge < -0.3 is 10.2 Å². The zero-order valence-electron chi connectivity index (χ0n) is 10.2. The number of non-ortho nitro benzene ring substituents is 1. The summed E-state index contributed by atoms with van der Waals surface area (Å²) in [6.07, 6.45) is 1.58. The number of rotatable bonds is 5. The van der Waals surface area contributed by atoms with Crippen LogP contribution in [-0.2, 0) is 6.61 Å². The van der Waals surface area contributed by atoms with Crippen molar-refractivity contribution in [3.05, 3.63) is 57.2 Å². The minimum atomic E-state index is -0.514. The van der Waals surface area contributed by atoms with Gasteiger partial charge in [-0.2, -0.15) is 0 Å². The molecule has 7 nitrogen and oxygen atoms in total. The molecule has 8 heteroatoms. The number of nitrogens with two attached hydrogens (primary N) is 1. The summed E-state index contributed by atoms with van der Waals surface area (Å²) >= 11 is 5.94. The molecule has 1 heterocycles. The molecule has 0 unspecified atom stereocenters. The van der Waals surface area contributed by atoms with Crippen LogP contribution in [0.5, 0.6) is 5.75 Å². The third-order valence-corrected chi connectivity index (χ3v) is 2.85. The number of aromatic nitrogens is 1. The summed E-state index contributed by atoms with van der Waals surface area (Å²) < 4.78 is 5.48. The minimum absolute atomic E-state index is 0.0900. The molecule has 2 aromatic rings. The number of anilines is 1. The molecular weight excluding hydrogens is 284 g/mol. The van der Waals surface area contributed by atoms with E-state index in [1.807, 2.05) is 0 Å². The quantitative estimate of drug-likeness (QED) is 0.499. The maximum Gasteiger partial charge on any atom is 0.273 e. The van der Waals surface area contributed by atoms with E-state index in [0.717, 1.165) is 0 Å². The van der Waals surface area contributed by atoms with Gasteiger partial charge in [-0.1, -0.05) is 17.7 Å². The van der Waals surface area contributed by atoms with Gasteiger partial charge in [-0.15, -0.1) is 0 Å². The van der Waals surface area contributed by atoms with Gasteiger partial charge in [0.1, 0.15) is 18.2 Å². The van der Waals surface area contributed by atoms with Gasteiger partial charge in [-0.05, 0) is 12.1 Å². The number of nitrogens with one attached hydrogen (secondary N) is 1. The van der Waals surface area contributed by atoms with Crippen molar-refractivity contribution in [3.63, 3.8) is 0 Å². The van der Waals surface area contributed by atoms with Crippen molar-refractivity contribution >= 4 is 23.1 Å². The first-order valence-electron chi connectivity index (χ1n) is 5.59. The third kappa shape index (κ3) is 3.14. The van der Waals surface area contributed by atoms with E-state index in [2.05, 4.69) is 10.4 Å². The normalized spacial score (nSPS) is 10.1. The number of ether oxygens (including phenoxy) is 1. The van der Waals surface area contributed by atoms with E-state index in [1.54, 1.807) is 18.3 Å². The SMILES string of the molecule is NNc1ncccc1COc1cc([N+](=O)[O-])ccc1Cl. The summed E-state index contributed by atoms with van der Waals surface area (Å²) in [7, 11) is 0. The van der Waals surface area contributed by atoms with Gasteiger partial charge in [0, 0.05) is 17.8 Å². The fraction of sp³-hybridized carbons (Fsp3) is 0.0833. The second-order valence-electron chi connectivity index (χ2n) is 3.82. The first-order chi connectivity index (χ1) is 9.61. The Kier molecular flexibility index (Phi) is 4.34. The van der Waals surface area contributed by atoms with Crippen molar-refractivity contribution in [3.8, 4) is 5.75 Å². The van der Waals surface area contributed by atoms with Crippen LogP contribution in [0.3, 0.4) is 0 Å². The Hall–Kier alpha value is -2.38. The summed E-state index contributed by atoms with van der Waals surface area (Å²) in [6, 6.07) is 7.50. The van der Waals surface area contributed by atoms with E-state index in [9.17, 15) is 10.1 Å². The Morgan fingerprint density at radius 3 is 2.95 bits per heavy atom. The highest BCUT2D eigenvalue weighted by Crippen LogP contribution is 2.29. The van der Waals surface area contributed by atoms with Gasteiger partial charge in [-0.3, -0.25) is 10.1 Å². The summed E-state index contributed by atoms with van der Waals surface area (Å²) in [4.78, 5) is 14.2. The van der Waals surface area contributed by atoms with Crippen molar-refractivity contribution in [1.82, 2.24) is 4.98 Å². The van der Waals surface area contributed by atoms with Crippen LogP contribution in [0, 0.1) is 10.1 Å². The molecule has 0 spiro atoms. The Morgan fingerprint density at radius 2 is 2.25 bits per heavy atom. The van der Waals surface area contributed by atoms with Crippen molar-refractivity contribution in [1.29, 1.82) is 0 Å². The highest BCUT2D eigenvalue weighted by Gasteiger charge is 2.11. The Bertz CT molecular complexity index is 636. The second-order valence-corrected chi connectivity index (χ2v) is 4.22. The van der Waals surface area contributed by atoms with Crippen molar-refractivity contribution in [2.45, 2.75) is 6.61 Å². The highest BCUT2D eigenvalue weighted by molar-refractivity contribution is 6.32. The van der Waals surface area contributed by atoms with Crippen LogP contribution in [0.25, 0.3) is 0 Å². The fourth-order valence-corrected chi connectivity index (χ4v) is 1.73. The van der Waals surface area contributed by atoms with E-state index in [1.165, 1.54) is 18.2 Å². The predicted octanol–water partition coefficient (Wildman–Crippen LogP) is 2.51. The molecule has 0 atom stereocenters. The fourth-order valence-electron chi connectivity index (χ4n) is 1.56. The maximum absolute atomic E-state index is 10.7. The summed E-state index contributed by atoms with van der Waals surface area (Å²) in [5, 5.41) is 11.0. The third-order valence-electron chi connectivity index (χ3n) is 2.54. The number of hydrazine groups is 1. The molecule has 0 amide bonds. The number of nitro benzene ring substituents is 1. The molecule has 0 saturated carbocycles. The van der Waals surface area contributed by atoms with Crippen LogP contribution in [0.1, 0.15) is 5.56 Å². The number of nitrogens with zero attached hydrogens (tertiary/aromatic N) is 2. The molecule has 1 aromatic carbocycles. The number of nitrogen functional groups attached to an aromatic ring is 1. The highest BCUT2D eigenvalue weighted by atomic mass is 35.5. The average Bonchev–Trinajstić information content (AvgIpc) is 2.46. The summed E-state index contributed by atoms with van der Waals surface area (Å²) in [5.41, 5.74) is 3.06. The van der Waals surface area contributed by atoms with Crippen LogP contribution in [-0.4, -0.2) is 9.91 Å². The number of hydrogen-bond donors (Lipinski definition) is 2. The zero-order chi connectivity index (χ0) is 14.5. The van der Waals surface area contributed by atoms with Crippen LogP contribution in [0.15, 0.2) is 36.5 Å². The van der Waals surface area contributed by atoms with Gasteiger partial charge in [0.2, 0.25) is 0 Å². The van der Waals surface area contributed by atoms with Crippen LogP contribution < -0.4 is 16.0 Å². The van der Waals surface area contributed by atoms with E-state index >= 15 is 0 Å². The lowest BCUT2D eigenvalue weighted by atomic mass is 10.2. The van der Waals surface area contributed by atoms with Crippen LogP contribution in [0.4, 0.5) is 11.5 Å². The van der Waals surface area contributed by atoms with Gasteiger partial charge in [0.05, 0.1) is 16.0 Å². The van der Waals surface area contributed by atoms with Crippen LogP contribution in [0.2, 0.25) is 5.02 Å². The van der Waals surface area contributed by atoms with E-state index < -0.39 is 4.92 Å². The second kappa shape index (κ2) is 6.18. The van der Waals surface area contributed by atoms with E-state index in [-0.39, 0.29) is 18.0 Å². The van der Waals surface area contributed by atoms with E-state index in [4.69, 9.17) is 22.2 Å². The average molecular weight is 295 g/mol. The Morgan fingerprint density at radius 1 is 1.45 bits per heavy atom. The molecule has 0 bridgehead atoms. The number of pyridine rings is 1. The van der Waals surface area contributed by atoms with Crippen molar-refractivity contribution in [2.75, 3.05) is 5.43 Å². The standard InChI is InChI=1S/C12H11ClN4O3/c13-10-4-3-9(17(18)19)6-11(10)20-7-8-2-1-5-15-12(8)16-14/h1-6H,7,14H2,(H,15,16). The smallest absolute Gasteiger partial charge is 0.273 e. The van der Waals surface area contributed by atoms with Gasteiger partial charge in [-0.25, -0.2) is 10.8 Å². The van der Waals surface area contributed by atoms with Crippen LogP contribution >= 0.6 is 11.6 Å². The topological polar surface area (TPSA) is 103 Å². The molecule has 0 radical (unpaired) electrons. The lowest BCUT2D eigenvalue weighted by molar-refractivity contribution is -0.384. The first kappa shape index (κ1) is 14.0. The minimum Gasteiger partial charge on any atom is -0.487 e. The predicted molar refractivity (Wildman–Crippen MR) is 74.5 cm³/mol. The van der Waals surface area contributed by atoms with Gasteiger partial charge >= 0.3 is 0 Å². The number of benzene rings is 1. The molecular formula is C12H11ClN4O3. The first-order valence-corrected chi connectivity index (χ1v) is 5.97. The molecule has 3 N–H and O–H groups in total. The lowest BCUT2D eigenvalue weighted by Gasteiger charge is -2.10. The largest absolute Gasteiger partial charge is 0.487 e. The molecule has 0 fully saturated rings. The van der Waals surface area contributed by atoms with Crippen molar-refractivity contribution in [2.24, 2.45) is 5.84 Å². The number of nitro groups is 1. The number of halogens is 1. The molecule has 1 aromatic heterocycles. The summed E-state index contributed by atoms with van der Waals surface area (Å²) in [5.74, 6) is 6.03. The molecule has 0 aliphatic heterocycles. The molecule has 20 heavy (non-hydrogen) atoms. The molecule has 2 rings (SSSR count). The van der Waals surface area contributed by atoms with Gasteiger partial charge in [0.15, 0.2) is 0 Å². The van der Waals surface area contributed by atoms with Crippen molar-refractivity contribution < 1.29 is 9.66 Å². The Labute approximate surface area is 119 Å². The van der Waals surface area contributed by atoms with E-state index in [0.29, 0.717) is 16.4 Å². The maximum atomic E-state index is 10.7. The molecule has 0 aliphatic carbocycles. The zero-order valence-corrected chi connectivity index (χ0v) is 11.0. The molecule has 0 saturated heterocycles. The van der Waals surface area contributed by atoms with Gasteiger partial charge in [0.25, 0.3) is 5.69 Å². The Balaban J connectivity index is 2.18. The summed E-state index contributed by atoms with van der Waals surface area (Å²) in [6.45, 7) is 0.133.